The summed E-state index contributed by atoms with van der Waals surface area (Å²) in [5, 5.41) is 29.5. The second kappa shape index (κ2) is 7.58. The molecule has 0 bridgehead atoms. The SMILES string of the molecule is O=C(O)CC(C(=O)O)c1ccc(NC2=CC(=O)N(CCO)C2=O)cc1. The van der Waals surface area contributed by atoms with E-state index in [9.17, 15) is 19.2 Å². The number of amides is 2. The van der Waals surface area contributed by atoms with Crippen molar-refractivity contribution >= 4 is 29.4 Å². The number of imide groups is 1. The number of benzene rings is 1. The number of aliphatic hydroxyl groups excluding tert-OH is 1. The lowest BCUT2D eigenvalue weighted by molar-refractivity contribution is -0.145. The Bertz CT molecular complexity index is 739. The largest absolute Gasteiger partial charge is 0.481 e. The van der Waals surface area contributed by atoms with Gasteiger partial charge in [-0.15, -0.1) is 0 Å². The number of carbonyl (C=O) groups excluding carboxylic acids is 2. The van der Waals surface area contributed by atoms with E-state index < -0.39 is 36.1 Å². The molecule has 0 saturated heterocycles. The van der Waals surface area contributed by atoms with Gasteiger partial charge in [0.25, 0.3) is 11.8 Å². The number of rotatable bonds is 8. The average Bonchev–Trinajstić information content (AvgIpc) is 2.81. The van der Waals surface area contributed by atoms with Crippen LogP contribution in [0.3, 0.4) is 0 Å². The maximum Gasteiger partial charge on any atom is 0.311 e. The standard InChI is InChI=1S/C16H16N2O7/c19-6-5-18-13(20)8-12(15(18)23)17-10-3-1-9(2-4-10)11(16(24)25)7-14(21)22/h1-4,8,11,17,19H,5-7H2,(H,21,22)(H,24,25). The first kappa shape index (κ1) is 18.1. The van der Waals surface area contributed by atoms with Gasteiger partial charge in [-0.2, -0.15) is 0 Å². The Morgan fingerprint density at radius 3 is 2.28 bits per heavy atom. The quantitative estimate of drug-likeness (QED) is 0.480. The molecule has 1 aliphatic rings. The molecule has 25 heavy (non-hydrogen) atoms. The molecule has 2 rings (SSSR count). The van der Waals surface area contributed by atoms with Gasteiger partial charge < -0.3 is 20.6 Å². The summed E-state index contributed by atoms with van der Waals surface area (Å²) in [6.07, 6.45) is 0.562. The molecular weight excluding hydrogens is 332 g/mol. The first-order valence-corrected chi connectivity index (χ1v) is 7.33. The number of β-amino-alcohol motifs (C(OH)–C–C–N with tert-alkyl or cyclic N) is 1. The number of aliphatic carboxylic acids is 2. The molecule has 0 spiro atoms. The Morgan fingerprint density at radius 1 is 1.12 bits per heavy atom. The van der Waals surface area contributed by atoms with E-state index in [1.807, 2.05) is 0 Å². The van der Waals surface area contributed by atoms with E-state index in [1.54, 1.807) is 0 Å². The summed E-state index contributed by atoms with van der Waals surface area (Å²) in [5.41, 5.74) is 0.776. The molecule has 4 N–H and O–H groups in total. The summed E-state index contributed by atoms with van der Waals surface area (Å²) in [7, 11) is 0. The minimum Gasteiger partial charge on any atom is -0.481 e. The highest BCUT2D eigenvalue weighted by atomic mass is 16.4. The molecule has 1 heterocycles. The lowest BCUT2D eigenvalue weighted by Crippen LogP contribution is -2.34. The van der Waals surface area contributed by atoms with Crippen LogP contribution in [0.25, 0.3) is 0 Å². The molecule has 9 heteroatoms. The second-order valence-corrected chi connectivity index (χ2v) is 5.31. The van der Waals surface area contributed by atoms with Crippen molar-refractivity contribution in [1.82, 2.24) is 4.90 Å². The van der Waals surface area contributed by atoms with E-state index in [0.717, 1.165) is 11.0 Å². The van der Waals surface area contributed by atoms with Crippen LogP contribution >= 0.6 is 0 Å². The third-order valence-corrected chi connectivity index (χ3v) is 3.60. The molecule has 0 fully saturated rings. The minimum absolute atomic E-state index is 0.0338. The normalized spacial score (nSPS) is 15.1. The maximum absolute atomic E-state index is 12.0. The molecule has 1 aliphatic heterocycles. The summed E-state index contributed by atoms with van der Waals surface area (Å²) in [6, 6.07) is 5.86. The topological polar surface area (TPSA) is 144 Å². The van der Waals surface area contributed by atoms with Crippen LogP contribution in [-0.2, 0) is 19.2 Å². The van der Waals surface area contributed by atoms with Crippen molar-refractivity contribution in [1.29, 1.82) is 0 Å². The molecule has 0 aliphatic carbocycles. The average molecular weight is 348 g/mol. The van der Waals surface area contributed by atoms with E-state index >= 15 is 0 Å². The molecule has 1 aromatic carbocycles. The predicted octanol–water partition coefficient (Wildman–Crippen LogP) is -0.0136. The number of carboxylic acid groups (broad SMARTS) is 2. The van der Waals surface area contributed by atoms with E-state index in [1.165, 1.54) is 24.3 Å². The first-order valence-electron chi connectivity index (χ1n) is 7.33. The molecule has 0 aromatic heterocycles. The van der Waals surface area contributed by atoms with E-state index in [2.05, 4.69) is 5.32 Å². The van der Waals surface area contributed by atoms with Gasteiger partial charge in [0.05, 0.1) is 25.5 Å². The summed E-state index contributed by atoms with van der Waals surface area (Å²) >= 11 is 0. The van der Waals surface area contributed by atoms with Crippen LogP contribution in [0.15, 0.2) is 36.0 Å². The van der Waals surface area contributed by atoms with Crippen LogP contribution in [0.1, 0.15) is 17.9 Å². The fraction of sp³-hybridized carbons (Fsp3) is 0.250. The Morgan fingerprint density at radius 2 is 1.76 bits per heavy atom. The molecule has 9 nitrogen and oxygen atoms in total. The minimum atomic E-state index is -1.25. The van der Waals surface area contributed by atoms with Crippen LogP contribution in [0.2, 0.25) is 0 Å². The lowest BCUT2D eigenvalue weighted by Gasteiger charge is -2.14. The van der Waals surface area contributed by atoms with Crippen molar-refractivity contribution in [3.8, 4) is 0 Å². The Balaban J connectivity index is 2.12. The highest BCUT2D eigenvalue weighted by Crippen LogP contribution is 2.23. The fourth-order valence-electron chi connectivity index (χ4n) is 2.39. The molecule has 2 amide bonds. The zero-order chi connectivity index (χ0) is 18.6. The van der Waals surface area contributed by atoms with E-state index in [4.69, 9.17) is 15.3 Å². The summed E-state index contributed by atoms with van der Waals surface area (Å²) < 4.78 is 0. The van der Waals surface area contributed by atoms with Gasteiger partial charge >= 0.3 is 11.9 Å². The Kier molecular flexibility index (Phi) is 5.50. The molecule has 132 valence electrons. The number of carboxylic acids is 2. The van der Waals surface area contributed by atoms with Gasteiger partial charge in [0.15, 0.2) is 0 Å². The molecule has 0 saturated carbocycles. The van der Waals surface area contributed by atoms with Crippen molar-refractivity contribution in [3.05, 3.63) is 41.6 Å². The van der Waals surface area contributed by atoms with Crippen LogP contribution in [0.5, 0.6) is 0 Å². The number of hydrogen-bond donors (Lipinski definition) is 4. The van der Waals surface area contributed by atoms with Crippen molar-refractivity contribution in [2.24, 2.45) is 0 Å². The molecule has 1 aromatic rings. The van der Waals surface area contributed by atoms with Gasteiger partial charge in [0.2, 0.25) is 0 Å². The fourth-order valence-corrected chi connectivity index (χ4v) is 2.39. The summed E-state index contributed by atoms with van der Waals surface area (Å²) in [4.78, 5) is 46.5. The van der Waals surface area contributed by atoms with E-state index in [-0.39, 0.29) is 18.8 Å². The maximum atomic E-state index is 12.0. The number of nitrogens with zero attached hydrogens (tertiary/aromatic N) is 1. The number of anilines is 1. The third-order valence-electron chi connectivity index (χ3n) is 3.60. The molecular formula is C16H16N2O7. The highest BCUT2D eigenvalue weighted by Gasteiger charge is 2.30. The Hall–Kier alpha value is -3.20. The smallest absolute Gasteiger partial charge is 0.311 e. The number of hydrogen-bond acceptors (Lipinski definition) is 6. The van der Waals surface area contributed by atoms with Gasteiger partial charge in [-0.1, -0.05) is 12.1 Å². The zero-order valence-corrected chi connectivity index (χ0v) is 13.0. The van der Waals surface area contributed by atoms with Crippen LogP contribution in [0.4, 0.5) is 5.69 Å². The number of aliphatic hydroxyl groups is 1. The van der Waals surface area contributed by atoms with Gasteiger partial charge in [-0.05, 0) is 17.7 Å². The van der Waals surface area contributed by atoms with Crippen molar-refractivity contribution in [3.63, 3.8) is 0 Å². The van der Waals surface area contributed by atoms with Gasteiger partial charge in [-0.25, -0.2) is 0 Å². The third kappa shape index (κ3) is 4.21. The Labute approximate surface area is 142 Å². The predicted molar refractivity (Wildman–Crippen MR) is 84.6 cm³/mol. The van der Waals surface area contributed by atoms with Crippen LogP contribution < -0.4 is 5.32 Å². The molecule has 1 unspecified atom stereocenters. The van der Waals surface area contributed by atoms with Crippen molar-refractivity contribution < 1.29 is 34.5 Å². The zero-order valence-electron chi connectivity index (χ0n) is 13.0. The first-order chi connectivity index (χ1) is 11.8. The molecule has 0 radical (unpaired) electrons. The van der Waals surface area contributed by atoms with Crippen LogP contribution in [-0.4, -0.2) is 57.1 Å². The highest BCUT2D eigenvalue weighted by molar-refractivity contribution is 6.17. The monoisotopic (exact) mass is 348 g/mol. The second-order valence-electron chi connectivity index (χ2n) is 5.31. The van der Waals surface area contributed by atoms with E-state index in [0.29, 0.717) is 11.3 Å². The lowest BCUT2D eigenvalue weighted by atomic mass is 9.96. The summed E-state index contributed by atoms with van der Waals surface area (Å²) in [5.74, 6) is -4.76. The van der Waals surface area contributed by atoms with Gasteiger partial charge in [0.1, 0.15) is 5.70 Å². The van der Waals surface area contributed by atoms with Gasteiger partial charge in [-0.3, -0.25) is 24.1 Å². The van der Waals surface area contributed by atoms with Gasteiger partial charge in [0, 0.05) is 11.8 Å². The van der Waals surface area contributed by atoms with Crippen molar-refractivity contribution in [2.75, 3.05) is 18.5 Å². The van der Waals surface area contributed by atoms with Crippen molar-refractivity contribution in [2.45, 2.75) is 12.3 Å². The molecule has 1 atom stereocenters. The number of carbonyl (C=O) groups is 4. The summed E-state index contributed by atoms with van der Waals surface area (Å²) in [6.45, 7) is -0.443. The van der Waals surface area contributed by atoms with Crippen LogP contribution in [0, 0.1) is 0 Å². The number of nitrogens with one attached hydrogen (secondary N) is 1.